The van der Waals surface area contributed by atoms with Gasteiger partial charge < -0.3 is 10.6 Å². The van der Waals surface area contributed by atoms with Gasteiger partial charge in [-0.05, 0) is 36.0 Å². The second-order valence-corrected chi connectivity index (χ2v) is 6.61. The van der Waals surface area contributed by atoms with Crippen molar-refractivity contribution in [3.63, 3.8) is 0 Å². The molecular formula is C16H22ClN3O. The maximum atomic E-state index is 11.9. The summed E-state index contributed by atoms with van der Waals surface area (Å²) in [4.78, 5) is 15.8. The van der Waals surface area contributed by atoms with Crippen molar-refractivity contribution in [2.75, 3.05) is 0 Å². The third-order valence-corrected chi connectivity index (χ3v) is 4.86. The van der Waals surface area contributed by atoms with E-state index in [1.54, 1.807) is 12.3 Å². The van der Waals surface area contributed by atoms with Gasteiger partial charge in [0.25, 0.3) is 0 Å². The smallest absolute Gasteiger partial charge is 0.315 e. The first-order valence-electron chi connectivity index (χ1n) is 7.87. The summed E-state index contributed by atoms with van der Waals surface area (Å²) in [6.07, 6.45) is 9.61. The van der Waals surface area contributed by atoms with Crippen molar-refractivity contribution >= 4 is 17.6 Å². The third-order valence-electron chi connectivity index (χ3n) is 4.66. The van der Waals surface area contributed by atoms with Crippen LogP contribution in [0.25, 0.3) is 0 Å². The molecule has 0 aliphatic heterocycles. The van der Waals surface area contributed by atoms with Gasteiger partial charge in [-0.2, -0.15) is 0 Å². The molecule has 2 amide bonds. The van der Waals surface area contributed by atoms with Gasteiger partial charge in [0.2, 0.25) is 0 Å². The van der Waals surface area contributed by atoms with Crippen molar-refractivity contribution < 1.29 is 4.79 Å². The lowest BCUT2D eigenvalue weighted by Gasteiger charge is -2.21. The third kappa shape index (κ3) is 4.10. The molecule has 2 atom stereocenters. The Kier molecular flexibility index (Phi) is 4.63. The van der Waals surface area contributed by atoms with Crippen LogP contribution < -0.4 is 10.6 Å². The number of hydrogen-bond acceptors (Lipinski definition) is 2. The number of pyridine rings is 1. The van der Waals surface area contributed by atoms with E-state index >= 15 is 0 Å². The van der Waals surface area contributed by atoms with E-state index in [9.17, 15) is 4.79 Å². The number of rotatable bonds is 4. The van der Waals surface area contributed by atoms with Crippen molar-refractivity contribution in [2.45, 2.75) is 51.1 Å². The number of carbonyl (C=O) groups excluding carboxylic acids is 1. The minimum atomic E-state index is -0.0776. The van der Waals surface area contributed by atoms with E-state index in [1.807, 2.05) is 6.07 Å². The molecule has 0 saturated heterocycles. The van der Waals surface area contributed by atoms with Gasteiger partial charge in [-0.25, -0.2) is 9.78 Å². The second kappa shape index (κ2) is 6.65. The Balaban J connectivity index is 1.39. The van der Waals surface area contributed by atoms with Crippen molar-refractivity contribution in [1.29, 1.82) is 0 Å². The standard InChI is InChI=1S/C16H22ClN3O/c17-15-8-11(6-7-18-15)10-19-16(21)20-14-9-13(14)12-4-2-1-3-5-12/h6-8,12-14H,1-5,9-10H2,(H2,19,20,21). The van der Waals surface area contributed by atoms with Crippen molar-refractivity contribution in [1.82, 2.24) is 15.6 Å². The lowest BCUT2D eigenvalue weighted by Crippen LogP contribution is -2.37. The predicted octanol–water partition coefficient (Wildman–Crippen LogP) is 3.50. The normalized spacial score (nSPS) is 25.4. The lowest BCUT2D eigenvalue weighted by molar-refractivity contribution is 0.238. The van der Waals surface area contributed by atoms with Crippen LogP contribution in [-0.4, -0.2) is 17.1 Å². The fraction of sp³-hybridized carbons (Fsp3) is 0.625. The Bertz CT molecular complexity index is 502. The Hall–Kier alpha value is -1.29. The topological polar surface area (TPSA) is 54.0 Å². The Labute approximate surface area is 130 Å². The zero-order chi connectivity index (χ0) is 14.7. The number of carbonyl (C=O) groups is 1. The van der Waals surface area contributed by atoms with Gasteiger partial charge in [0.15, 0.2) is 0 Å². The first-order chi connectivity index (χ1) is 10.2. The van der Waals surface area contributed by atoms with Gasteiger partial charge in [0.1, 0.15) is 5.15 Å². The van der Waals surface area contributed by atoms with E-state index < -0.39 is 0 Å². The molecule has 0 bridgehead atoms. The van der Waals surface area contributed by atoms with Crippen LogP contribution in [0.5, 0.6) is 0 Å². The molecule has 3 rings (SSSR count). The first kappa shape index (κ1) is 14.6. The van der Waals surface area contributed by atoms with Crippen LogP contribution in [0.3, 0.4) is 0 Å². The van der Waals surface area contributed by atoms with E-state index in [4.69, 9.17) is 11.6 Å². The van der Waals surface area contributed by atoms with E-state index in [0.717, 1.165) is 17.9 Å². The molecule has 2 aliphatic rings. The lowest BCUT2D eigenvalue weighted by atomic mass is 9.85. The van der Waals surface area contributed by atoms with Crippen molar-refractivity contribution in [2.24, 2.45) is 11.8 Å². The molecule has 1 aromatic heterocycles. The minimum Gasteiger partial charge on any atom is -0.335 e. The summed E-state index contributed by atoms with van der Waals surface area (Å²) >= 11 is 5.82. The van der Waals surface area contributed by atoms with Gasteiger partial charge >= 0.3 is 6.03 Å². The number of halogens is 1. The fourth-order valence-corrected chi connectivity index (χ4v) is 3.61. The largest absolute Gasteiger partial charge is 0.335 e. The monoisotopic (exact) mass is 307 g/mol. The molecular weight excluding hydrogens is 286 g/mol. The average molecular weight is 308 g/mol. The van der Waals surface area contributed by atoms with Gasteiger partial charge in [0, 0.05) is 18.8 Å². The highest BCUT2D eigenvalue weighted by Gasteiger charge is 2.43. The molecule has 2 N–H and O–H groups in total. The molecule has 1 aromatic rings. The molecule has 1 heterocycles. The molecule has 21 heavy (non-hydrogen) atoms. The van der Waals surface area contributed by atoms with Crippen LogP contribution >= 0.6 is 11.6 Å². The molecule has 0 aromatic carbocycles. The van der Waals surface area contributed by atoms with Crippen LogP contribution in [-0.2, 0) is 6.54 Å². The molecule has 114 valence electrons. The second-order valence-electron chi connectivity index (χ2n) is 6.22. The summed E-state index contributed by atoms with van der Waals surface area (Å²) in [6, 6.07) is 3.93. The predicted molar refractivity (Wildman–Crippen MR) is 83.1 cm³/mol. The molecule has 5 heteroatoms. The summed E-state index contributed by atoms with van der Waals surface area (Å²) in [5, 5.41) is 6.42. The van der Waals surface area contributed by atoms with Gasteiger partial charge in [-0.3, -0.25) is 0 Å². The highest BCUT2D eigenvalue weighted by molar-refractivity contribution is 6.29. The maximum absolute atomic E-state index is 11.9. The number of urea groups is 1. The number of amides is 2. The van der Waals surface area contributed by atoms with Gasteiger partial charge in [-0.15, -0.1) is 0 Å². The summed E-state index contributed by atoms with van der Waals surface area (Å²) in [7, 11) is 0. The molecule has 2 fully saturated rings. The van der Waals surface area contributed by atoms with Crippen LogP contribution in [0.1, 0.15) is 44.1 Å². The van der Waals surface area contributed by atoms with Gasteiger partial charge in [0.05, 0.1) is 0 Å². The summed E-state index contributed by atoms with van der Waals surface area (Å²) in [5.41, 5.74) is 0.963. The summed E-state index contributed by atoms with van der Waals surface area (Å²) in [5.74, 6) is 1.55. The summed E-state index contributed by atoms with van der Waals surface area (Å²) in [6.45, 7) is 0.481. The fourth-order valence-electron chi connectivity index (χ4n) is 3.42. The van der Waals surface area contributed by atoms with Crippen LogP contribution in [0, 0.1) is 11.8 Å². The van der Waals surface area contributed by atoms with E-state index in [2.05, 4.69) is 15.6 Å². The van der Waals surface area contributed by atoms with Crippen LogP contribution in [0.15, 0.2) is 18.3 Å². The Morgan fingerprint density at radius 3 is 2.90 bits per heavy atom. The molecule has 0 spiro atoms. The quantitative estimate of drug-likeness (QED) is 0.836. The minimum absolute atomic E-state index is 0.0776. The highest BCUT2D eigenvalue weighted by atomic mass is 35.5. The van der Waals surface area contributed by atoms with E-state index in [-0.39, 0.29) is 6.03 Å². The molecule has 2 saturated carbocycles. The highest BCUT2D eigenvalue weighted by Crippen LogP contribution is 2.44. The molecule has 2 aliphatic carbocycles. The Morgan fingerprint density at radius 1 is 1.33 bits per heavy atom. The van der Waals surface area contributed by atoms with Crippen LogP contribution in [0.4, 0.5) is 4.79 Å². The Morgan fingerprint density at radius 2 is 2.14 bits per heavy atom. The number of aromatic nitrogens is 1. The number of hydrogen-bond donors (Lipinski definition) is 2. The van der Waals surface area contributed by atoms with Crippen molar-refractivity contribution in [3.8, 4) is 0 Å². The summed E-state index contributed by atoms with van der Waals surface area (Å²) < 4.78 is 0. The molecule has 0 radical (unpaired) electrons. The van der Waals surface area contributed by atoms with Gasteiger partial charge in [-0.1, -0.05) is 43.7 Å². The number of nitrogens with one attached hydrogen (secondary N) is 2. The first-order valence-corrected chi connectivity index (χ1v) is 8.25. The van der Waals surface area contributed by atoms with E-state index in [1.165, 1.54) is 32.1 Å². The average Bonchev–Trinajstić information content (AvgIpc) is 3.25. The maximum Gasteiger partial charge on any atom is 0.315 e. The molecule has 2 unspecified atom stereocenters. The zero-order valence-corrected chi connectivity index (χ0v) is 12.9. The van der Waals surface area contributed by atoms with Crippen LogP contribution in [0.2, 0.25) is 5.15 Å². The molecule has 4 nitrogen and oxygen atoms in total. The van der Waals surface area contributed by atoms with E-state index in [0.29, 0.717) is 23.7 Å². The van der Waals surface area contributed by atoms with Crippen molar-refractivity contribution in [3.05, 3.63) is 29.0 Å². The zero-order valence-electron chi connectivity index (χ0n) is 12.1. The SMILES string of the molecule is O=C(NCc1ccnc(Cl)c1)NC1CC1C1CCCCC1. The number of nitrogens with zero attached hydrogens (tertiary/aromatic N) is 1.